The Kier molecular flexibility index (Phi) is 4.65. The highest BCUT2D eigenvalue weighted by molar-refractivity contribution is 8.18. The number of amides is 1. The van der Waals surface area contributed by atoms with Crippen LogP contribution in [0.3, 0.4) is 0 Å². The highest BCUT2D eigenvalue weighted by Gasteiger charge is 2.22. The lowest BCUT2D eigenvalue weighted by Crippen LogP contribution is -2.18. The van der Waals surface area contributed by atoms with E-state index in [-0.39, 0.29) is 21.7 Å². The topological polar surface area (TPSA) is 96.3 Å². The third-order valence-electron chi connectivity index (χ3n) is 3.33. The third kappa shape index (κ3) is 4.09. The maximum Gasteiger partial charge on any atom is 0.339 e. The molecular formula is C17H14N2O4S2. The number of thioether (sulfide) groups is 1. The first-order chi connectivity index (χ1) is 11.8. The molecule has 0 aromatic heterocycles. The van der Waals surface area contributed by atoms with Gasteiger partial charge in [0, 0.05) is 0 Å². The summed E-state index contributed by atoms with van der Waals surface area (Å²) in [7, 11) is -3.93. The number of amidine groups is 1. The third-order valence-corrected chi connectivity index (χ3v) is 5.43. The van der Waals surface area contributed by atoms with Gasteiger partial charge in [-0.1, -0.05) is 29.8 Å². The standard InChI is InChI=1S/C17H14N2O4S2/c1-11-5-7-14(8-6-11)25(21,22)23-13-4-2-3-12(9-13)10-15-16(20)19-17(18)24-15/h2-10H,1H3,(H2,18,19,20). The molecule has 1 aliphatic rings. The normalized spacial score (nSPS) is 16.1. The molecule has 1 fully saturated rings. The van der Waals surface area contributed by atoms with Gasteiger partial charge in [0.1, 0.15) is 10.6 Å². The van der Waals surface area contributed by atoms with Crippen LogP contribution < -0.4 is 9.50 Å². The zero-order valence-corrected chi connectivity index (χ0v) is 14.8. The molecule has 0 bridgehead atoms. The zero-order valence-electron chi connectivity index (χ0n) is 13.1. The molecule has 0 spiro atoms. The van der Waals surface area contributed by atoms with E-state index in [0.29, 0.717) is 10.5 Å². The molecule has 1 saturated heterocycles. The predicted molar refractivity (Wildman–Crippen MR) is 96.9 cm³/mol. The van der Waals surface area contributed by atoms with Crippen LogP contribution in [0.15, 0.2) is 58.3 Å². The number of rotatable bonds is 4. The molecule has 128 valence electrons. The Morgan fingerprint density at radius 3 is 2.52 bits per heavy atom. The predicted octanol–water partition coefficient (Wildman–Crippen LogP) is 2.90. The molecule has 0 atom stereocenters. The summed E-state index contributed by atoms with van der Waals surface area (Å²) < 4.78 is 29.8. The van der Waals surface area contributed by atoms with E-state index in [2.05, 4.69) is 5.32 Å². The van der Waals surface area contributed by atoms with E-state index in [0.717, 1.165) is 17.3 Å². The van der Waals surface area contributed by atoms with Gasteiger partial charge >= 0.3 is 10.1 Å². The smallest absolute Gasteiger partial charge is 0.339 e. The molecule has 25 heavy (non-hydrogen) atoms. The average molecular weight is 374 g/mol. The van der Waals surface area contributed by atoms with Gasteiger partial charge in [-0.05, 0) is 54.6 Å². The van der Waals surface area contributed by atoms with Gasteiger partial charge in [0.25, 0.3) is 5.91 Å². The maximum atomic E-state index is 12.3. The molecule has 2 aromatic rings. The van der Waals surface area contributed by atoms with E-state index >= 15 is 0 Å². The van der Waals surface area contributed by atoms with Gasteiger partial charge in [0.05, 0.1) is 4.91 Å². The van der Waals surface area contributed by atoms with Crippen LogP contribution in [-0.2, 0) is 14.9 Å². The number of carbonyl (C=O) groups excluding carboxylic acids is 1. The Labute approximate surface area is 149 Å². The van der Waals surface area contributed by atoms with Gasteiger partial charge in [-0.3, -0.25) is 10.2 Å². The molecule has 6 nitrogen and oxygen atoms in total. The summed E-state index contributed by atoms with van der Waals surface area (Å²) in [6.07, 6.45) is 1.58. The van der Waals surface area contributed by atoms with Gasteiger partial charge < -0.3 is 9.50 Å². The minimum atomic E-state index is -3.93. The lowest BCUT2D eigenvalue weighted by atomic mass is 10.2. The maximum absolute atomic E-state index is 12.3. The second-order valence-corrected chi connectivity index (χ2v) is 7.92. The first-order valence-corrected chi connectivity index (χ1v) is 9.47. The zero-order chi connectivity index (χ0) is 18.0. The molecule has 3 rings (SSSR count). The minimum absolute atomic E-state index is 0.0607. The van der Waals surface area contributed by atoms with E-state index in [4.69, 9.17) is 9.59 Å². The van der Waals surface area contributed by atoms with E-state index in [9.17, 15) is 13.2 Å². The Balaban J connectivity index is 1.85. The fourth-order valence-electron chi connectivity index (χ4n) is 2.13. The van der Waals surface area contributed by atoms with Gasteiger partial charge in [0.15, 0.2) is 5.17 Å². The number of nitrogens with one attached hydrogen (secondary N) is 2. The summed E-state index contributed by atoms with van der Waals surface area (Å²) in [4.78, 5) is 12.1. The van der Waals surface area contributed by atoms with E-state index in [1.807, 2.05) is 6.92 Å². The lowest BCUT2D eigenvalue weighted by Gasteiger charge is -2.08. The van der Waals surface area contributed by atoms with E-state index in [1.165, 1.54) is 24.3 Å². The van der Waals surface area contributed by atoms with Crippen LogP contribution in [0.2, 0.25) is 0 Å². The number of benzene rings is 2. The molecule has 0 unspecified atom stereocenters. The Hall–Kier alpha value is -2.58. The molecule has 0 aliphatic carbocycles. The number of aryl methyl sites for hydroxylation is 1. The number of hydrogen-bond donors (Lipinski definition) is 2. The second-order valence-electron chi connectivity index (χ2n) is 5.32. The first kappa shape index (κ1) is 17.2. The fraction of sp³-hybridized carbons (Fsp3) is 0.0588. The van der Waals surface area contributed by atoms with Crippen molar-refractivity contribution in [1.82, 2.24) is 5.32 Å². The molecule has 0 radical (unpaired) electrons. The van der Waals surface area contributed by atoms with Crippen molar-refractivity contribution in [1.29, 1.82) is 5.41 Å². The van der Waals surface area contributed by atoms with Crippen LogP contribution in [0.25, 0.3) is 6.08 Å². The summed E-state index contributed by atoms with van der Waals surface area (Å²) in [5, 5.41) is 9.87. The SMILES string of the molecule is Cc1ccc(S(=O)(=O)Oc2cccc(C=C3SC(=N)NC3=O)c2)cc1. The van der Waals surface area contributed by atoms with Gasteiger partial charge in [-0.2, -0.15) is 8.42 Å². The molecule has 2 N–H and O–H groups in total. The Morgan fingerprint density at radius 2 is 1.88 bits per heavy atom. The molecule has 1 heterocycles. The Morgan fingerprint density at radius 1 is 1.16 bits per heavy atom. The van der Waals surface area contributed by atoms with Crippen molar-refractivity contribution in [2.75, 3.05) is 0 Å². The van der Waals surface area contributed by atoms with Crippen LogP contribution in [0.4, 0.5) is 0 Å². The van der Waals surface area contributed by atoms with Crippen molar-refractivity contribution in [3.63, 3.8) is 0 Å². The Bertz CT molecular complexity index is 980. The molecule has 1 aliphatic heterocycles. The molecule has 1 amide bonds. The van der Waals surface area contributed by atoms with Crippen LogP contribution in [0, 0.1) is 12.3 Å². The van der Waals surface area contributed by atoms with Crippen molar-refractivity contribution in [2.24, 2.45) is 0 Å². The first-order valence-electron chi connectivity index (χ1n) is 7.24. The summed E-state index contributed by atoms with van der Waals surface area (Å²) in [5.41, 5.74) is 1.55. The summed E-state index contributed by atoms with van der Waals surface area (Å²) >= 11 is 1.01. The van der Waals surface area contributed by atoms with Crippen LogP contribution in [0.1, 0.15) is 11.1 Å². The van der Waals surface area contributed by atoms with Crippen molar-refractivity contribution >= 4 is 39.0 Å². The van der Waals surface area contributed by atoms with E-state index in [1.54, 1.807) is 30.3 Å². The van der Waals surface area contributed by atoms with Gasteiger partial charge in [-0.15, -0.1) is 0 Å². The van der Waals surface area contributed by atoms with Crippen molar-refractivity contribution in [3.8, 4) is 5.75 Å². The van der Waals surface area contributed by atoms with Crippen molar-refractivity contribution < 1.29 is 17.4 Å². The van der Waals surface area contributed by atoms with E-state index < -0.39 is 10.1 Å². The summed E-state index contributed by atoms with van der Waals surface area (Å²) in [6.45, 7) is 1.87. The van der Waals surface area contributed by atoms with Gasteiger partial charge in [-0.25, -0.2) is 0 Å². The highest BCUT2D eigenvalue weighted by Crippen LogP contribution is 2.27. The monoisotopic (exact) mass is 374 g/mol. The second kappa shape index (κ2) is 6.73. The molecular weight excluding hydrogens is 360 g/mol. The number of hydrogen-bond acceptors (Lipinski definition) is 6. The minimum Gasteiger partial charge on any atom is -0.379 e. The number of carbonyl (C=O) groups is 1. The molecule has 0 saturated carbocycles. The van der Waals surface area contributed by atoms with Crippen molar-refractivity contribution in [2.45, 2.75) is 11.8 Å². The summed E-state index contributed by atoms with van der Waals surface area (Å²) in [6, 6.07) is 12.8. The van der Waals surface area contributed by atoms with Crippen LogP contribution in [0.5, 0.6) is 5.75 Å². The molecule has 8 heteroatoms. The van der Waals surface area contributed by atoms with Crippen LogP contribution >= 0.6 is 11.8 Å². The lowest BCUT2D eigenvalue weighted by molar-refractivity contribution is -0.115. The highest BCUT2D eigenvalue weighted by atomic mass is 32.2. The summed E-state index contributed by atoms with van der Waals surface area (Å²) in [5.74, 6) is -0.206. The largest absolute Gasteiger partial charge is 0.379 e. The van der Waals surface area contributed by atoms with Crippen molar-refractivity contribution in [3.05, 3.63) is 64.6 Å². The molecule has 2 aromatic carbocycles. The average Bonchev–Trinajstić information content (AvgIpc) is 2.85. The quantitative estimate of drug-likeness (QED) is 0.634. The van der Waals surface area contributed by atoms with Gasteiger partial charge in [0.2, 0.25) is 0 Å². The van der Waals surface area contributed by atoms with Crippen LogP contribution in [-0.4, -0.2) is 19.5 Å². The fourth-order valence-corrected chi connectivity index (χ4v) is 3.75.